The molecule has 1 heterocycles. The molecule has 1 aliphatic rings. The van der Waals surface area contributed by atoms with Gasteiger partial charge >= 0.3 is 6.18 Å². The summed E-state index contributed by atoms with van der Waals surface area (Å²) in [6.07, 6.45) is -2.76. The summed E-state index contributed by atoms with van der Waals surface area (Å²) in [5.41, 5.74) is 7.96. The quantitative estimate of drug-likeness (QED) is 0.815. The minimum atomic E-state index is -4.37. The van der Waals surface area contributed by atoms with Gasteiger partial charge in [0, 0.05) is 16.8 Å². The number of nitrogens with two attached hydrogens (primary N) is 1. The van der Waals surface area contributed by atoms with Gasteiger partial charge in [-0.25, -0.2) is 0 Å². The lowest BCUT2D eigenvalue weighted by atomic mass is 10.0. The minimum Gasteiger partial charge on any atom is -0.398 e. The molecule has 0 saturated carbocycles. The van der Waals surface area contributed by atoms with Crippen molar-refractivity contribution in [3.8, 4) is 0 Å². The summed E-state index contributed by atoms with van der Waals surface area (Å²) >= 11 is 0. The molecule has 0 unspecified atom stereocenters. The summed E-state index contributed by atoms with van der Waals surface area (Å²) in [6.45, 7) is 0.347. The lowest BCUT2D eigenvalue weighted by molar-refractivity contribution is -0.137. The molecule has 6 heteroatoms. The third kappa shape index (κ3) is 2.56. The molecule has 2 N–H and O–H groups in total. The average molecular weight is 291 g/mol. The molecule has 3 nitrogen and oxygen atoms in total. The van der Waals surface area contributed by atoms with Crippen LogP contribution in [0.3, 0.4) is 0 Å². The van der Waals surface area contributed by atoms with Gasteiger partial charge in [0.2, 0.25) is 0 Å². The fraction of sp³-hybridized carbons (Fsp3) is 0.133. The number of hydrogen-bond donors (Lipinski definition) is 1. The van der Waals surface area contributed by atoms with Crippen molar-refractivity contribution >= 4 is 17.6 Å². The number of anilines is 2. The maximum absolute atomic E-state index is 12.8. The number of hydrogen-bond acceptors (Lipinski definition) is 3. The zero-order valence-electron chi connectivity index (χ0n) is 10.9. The zero-order chi connectivity index (χ0) is 15.0. The monoisotopic (exact) mass is 291 g/mol. The Morgan fingerprint density at radius 2 is 1.86 bits per heavy atom. The van der Waals surface area contributed by atoms with Gasteiger partial charge in [0.05, 0.1) is 24.0 Å². The summed E-state index contributed by atoms with van der Waals surface area (Å²) in [7, 11) is 0. The van der Waals surface area contributed by atoms with Crippen LogP contribution in [-0.4, -0.2) is 6.21 Å². The van der Waals surface area contributed by atoms with Crippen molar-refractivity contribution < 1.29 is 13.2 Å². The smallest absolute Gasteiger partial charge is 0.398 e. The number of benzene rings is 2. The van der Waals surface area contributed by atoms with Crippen LogP contribution in [0.25, 0.3) is 0 Å². The number of halogens is 3. The van der Waals surface area contributed by atoms with Crippen molar-refractivity contribution in [2.45, 2.75) is 12.7 Å². The van der Waals surface area contributed by atoms with Gasteiger partial charge in [0.25, 0.3) is 0 Å². The number of rotatable bonds is 1. The topological polar surface area (TPSA) is 41.6 Å². The van der Waals surface area contributed by atoms with E-state index in [1.807, 2.05) is 12.1 Å². The summed E-state index contributed by atoms with van der Waals surface area (Å²) < 4.78 is 38.3. The molecule has 0 fully saturated rings. The first-order chi connectivity index (χ1) is 9.95. The van der Waals surface area contributed by atoms with E-state index in [9.17, 15) is 13.2 Å². The van der Waals surface area contributed by atoms with Crippen LogP contribution in [0.1, 0.15) is 16.7 Å². The van der Waals surface area contributed by atoms with Gasteiger partial charge in [-0.15, -0.1) is 0 Å². The summed E-state index contributed by atoms with van der Waals surface area (Å²) in [5, 5.41) is 5.70. The van der Waals surface area contributed by atoms with E-state index in [0.717, 1.165) is 23.3 Å². The first kappa shape index (κ1) is 13.5. The largest absolute Gasteiger partial charge is 0.416 e. The molecule has 0 radical (unpaired) electrons. The summed E-state index contributed by atoms with van der Waals surface area (Å²) in [4.78, 5) is 0. The molecule has 21 heavy (non-hydrogen) atoms. The molecule has 0 atom stereocenters. The molecule has 0 aromatic heterocycles. The second-order valence-electron chi connectivity index (χ2n) is 4.77. The Kier molecular flexibility index (Phi) is 3.08. The number of nitrogen functional groups attached to an aromatic ring is 1. The van der Waals surface area contributed by atoms with E-state index in [0.29, 0.717) is 17.9 Å². The highest BCUT2D eigenvalue weighted by Crippen LogP contribution is 2.33. The van der Waals surface area contributed by atoms with Crippen LogP contribution in [0, 0.1) is 0 Å². The van der Waals surface area contributed by atoms with Crippen molar-refractivity contribution in [2.75, 3.05) is 10.7 Å². The van der Waals surface area contributed by atoms with Crippen LogP contribution in [0.5, 0.6) is 0 Å². The molecular formula is C15H12F3N3. The number of hydrazone groups is 1. The molecule has 0 aliphatic carbocycles. The van der Waals surface area contributed by atoms with E-state index in [4.69, 9.17) is 5.73 Å². The van der Waals surface area contributed by atoms with E-state index >= 15 is 0 Å². The van der Waals surface area contributed by atoms with Crippen LogP contribution in [0.4, 0.5) is 24.5 Å². The number of nitrogens with zero attached hydrogens (tertiary/aromatic N) is 2. The fourth-order valence-corrected chi connectivity index (χ4v) is 2.25. The van der Waals surface area contributed by atoms with Gasteiger partial charge in [-0.2, -0.15) is 18.3 Å². The molecule has 0 bridgehead atoms. The zero-order valence-corrected chi connectivity index (χ0v) is 10.9. The molecule has 0 spiro atoms. The molecule has 0 saturated heterocycles. The molecule has 108 valence electrons. The number of alkyl halides is 3. The second-order valence-corrected chi connectivity index (χ2v) is 4.77. The first-order valence-corrected chi connectivity index (χ1v) is 6.31. The molecule has 3 rings (SSSR count). The minimum absolute atomic E-state index is 0.347. The van der Waals surface area contributed by atoms with Crippen LogP contribution >= 0.6 is 0 Å². The van der Waals surface area contributed by atoms with E-state index in [-0.39, 0.29) is 0 Å². The molecule has 0 amide bonds. The Labute approximate surface area is 119 Å². The highest BCUT2D eigenvalue weighted by Gasteiger charge is 2.31. The average Bonchev–Trinajstić information content (AvgIpc) is 2.47. The van der Waals surface area contributed by atoms with Crippen molar-refractivity contribution in [3.05, 3.63) is 59.2 Å². The van der Waals surface area contributed by atoms with Crippen molar-refractivity contribution in [1.82, 2.24) is 0 Å². The van der Waals surface area contributed by atoms with Gasteiger partial charge < -0.3 is 5.73 Å². The predicted octanol–water partition coefficient (Wildman–Crippen LogP) is 3.64. The Morgan fingerprint density at radius 3 is 2.62 bits per heavy atom. The van der Waals surface area contributed by atoms with Crippen molar-refractivity contribution in [2.24, 2.45) is 5.10 Å². The van der Waals surface area contributed by atoms with Gasteiger partial charge in [-0.3, -0.25) is 5.01 Å². The lowest BCUT2D eigenvalue weighted by Crippen LogP contribution is -2.22. The van der Waals surface area contributed by atoms with Crippen LogP contribution in [0.2, 0.25) is 0 Å². The third-order valence-electron chi connectivity index (χ3n) is 3.36. The summed E-state index contributed by atoms with van der Waals surface area (Å²) in [6, 6.07) is 10.6. The van der Waals surface area contributed by atoms with Crippen molar-refractivity contribution in [1.29, 1.82) is 0 Å². The van der Waals surface area contributed by atoms with Crippen LogP contribution < -0.4 is 10.7 Å². The van der Waals surface area contributed by atoms with Gasteiger partial charge in [0.1, 0.15) is 0 Å². The molecule has 2 aromatic rings. The van der Waals surface area contributed by atoms with E-state index in [1.165, 1.54) is 11.1 Å². The fourth-order valence-electron chi connectivity index (χ4n) is 2.25. The first-order valence-electron chi connectivity index (χ1n) is 6.31. The van der Waals surface area contributed by atoms with Gasteiger partial charge in [0.15, 0.2) is 0 Å². The van der Waals surface area contributed by atoms with Crippen LogP contribution in [-0.2, 0) is 12.7 Å². The second kappa shape index (κ2) is 4.80. The Morgan fingerprint density at radius 1 is 1.10 bits per heavy atom. The van der Waals surface area contributed by atoms with Crippen molar-refractivity contribution in [3.63, 3.8) is 0 Å². The van der Waals surface area contributed by atoms with E-state index < -0.39 is 11.7 Å². The highest BCUT2D eigenvalue weighted by molar-refractivity contribution is 5.86. The Balaban J connectivity index is 1.96. The lowest BCUT2D eigenvalue weighted by Gasteiger charge is -2.25. The standard InChI is InChI=1S/C15H12F3N3/c16-15(17,18)11-4-2-5-12(7-11)21-9-13-10(8-20-21)3-1-6-14(13)19/h1-8H,9,19H2. The van der Waals surface area contributed by atoms with Gasteiger partial charge in [-0.05, 0) is 24.3 Å². The predicted molar refractivity (Wildman–Crippen MR) is 76.1 cm³/mol. The Hall–Kier alpha value is -2.50. The number of fused-ring (bicyclic) bond motifs is 1. The van der Waals surface area contributed by atoms with Gasteiger partial charge in [-0.1, -0.05) is 18.2 Å². The molecule has 1 aliphatic heterocycles. The Bertz CT molecular complexity index is 708. The van der Waals surface area contributed by atoms with Crippen LogP contribution in [0.15, 0.2) is 47.6 Å². The van der Waals surface area contributed by atoms with E-state index in [1.54, 1.807) is 18.3 Å². The molecular weight excluding hydrogens is 279 g/mol. The summed E-state index contributed by atoms with van der Waals surface area (Å²) in [5.74, 6) is 0. The third-order valence-corrected chi connectivity index (χ3v) is 3.36. The SMILES string of the molecule is Nc1cccc2c1CN(c1cccc(C(F)(F)F)c1)N=C2. The normalized spacial score (nSPS) is 14.1. The maximum Gasteiger partial charge on any atom is 0.416 e. The maximum atomic E-state index is 12.8. The highest BCUT2D eigenvalue weighted by atomic mass is 19.4. The molecule has 2 aromatic carbocycles. The van der Waals surface area contributed by atoms with E-state index in [2.05, 4.69) is 5.10 Å².